The summed E-state index contributed by atoms with van der Waals surface area (Å²) in [5, 5.41) is 7.17. The molecule has 1 aromatic heterocycles. The maximum absolute atomic E-state index is 13.3. The van der Waals surface area contributed by atoms with Gasteiger partial charge >= 0.3 is 0 Å². The summed E-state index contributed by atoms with van der Waals surface area (Å²) >= 11 is 6.39. The van der Waals surface area contributed by atoms with E-state index in [9.17, 15) is 9.59 Å². The van der Waals surface area contributed by atoms with Crippen molar-refractivity contribution >= 4 is 29.1 Å². The number of para-hydroxylation sites is 1. The molecular formula is C26H36ClN5O3. The molecule has 0 unspecified atom stereocenters. The Balaban J connectivity index is 1.44. The van der Waals surface area contributed by atoms with E-state index in [0.717, 1.165) is 18.7 Å². The fourth-order valence-corrected chi connectivity index (χ4v) is 5.51. The van der Waals surface area contributed by atoms with Crippen LogP contribution in [0.15, 0.2) is 41.1 Å². The monoisotopic (exact) mass is 501 g/mol. The highest BCUT2D eigenvalue weighted by atomic mass is 35.5. The molecule has 3 atom stereocenters. The molecule has 9 heteroatoms. The van der Waals surface area contributed by atoms with E-state index in [0.29, 0.717) is 36.3 Å². The second kappa shape index (κ2) is 10.7. The number of benzene rings is 1. The summed E-state index contributed by atoms with van der Waals surface area (Å²) in [5.41, 5.74) is 0.462. The van der Waals surface area contributed by atoms with Crippen LogP contribution in [0.3, 0.4) is 0 Å². The van der Waals surface area contributed by atoms with Gasteiger partial charge in [-0.15, -0.1) is 0 Å². The maximum atomic E-state index is 13.3. The number of rotatable bonds is 7. The van der Waals surface area contributed by atoms with Gasteiger partial charge in [0.25, 0.3) is 0 Å². The van der Waals surface area contributed by atoms with Gasteiger partial charge < -0.3 is 20.0 Å². The summed E-state index contributed by atoms with van der Waals surface area (Å²) in [4.78, 5) is 34.8. The minimum Gasteiger partial charge on any atom is -0.447 e. The lowest BCUT2D eigenvalue weighted by Crippen LogP contribution is -2.67. The lowest BCUT2D eigenvalue weighted by atomic mass is 9.88. The number of nitrogens with one attached hydrogen (secondary N) is 2. The third-order valence-electron chi connectivity index (χ3n) is 6.98. The molecule has 190 valence electrons. The van der Waals surface area contributed by atoms with E-state index in [-0.39, 0.29) is 41.9 Å². The van der Waals surface area contributed by atoms with Crippen LogP contribution in [0, 0.1) is 11.8 Å². The van der Waals surface area contributed by atoms with Gasteiger partial charge in [-0.05, 0) is 44.7 Å². The van der Waals surface area contributed by atoms with Gasteiger partial charge in [0.2, 0.25) is 17.7 Å². The van der Waals surface area contributed by atoms with Crippen molar-refractivity contribution in [1.29, 1.82) is 0 Å². The second-order valence-electron chi connectivity index (χ2n) is 10.7. The predicted octanol–water partition coefficient (Wildman–Crippen LogP) is 3.64. The average molecular weight is 502 g/mol. The van der Waals surface area contributed by atoms with Crippen LogP contribution in [0.5, 0.6) is 0 Å². The molecule has 8 nitrogen and oxygen atoms in total. The van der Waals surface area contributed by atoms with Crippen molar-refractivity contribution < 1.29 is 14.0 Å². The van der Waals surface area contributed by atoms with Crippen LogP contribution in [0.2, 0.25) is 5.02 Å². The molecule has 0 spiro atoms. The Morgan fingerprint density at radius 3 is 2.77 bits per heavy atom. The summed E-state index contributed by atoms with van der Waals surface area (Å²) in [5.74, 6) is 0.723. The number of hydrogen-bond donors (Lipinski definition) is 2. The topological polar surface area (TPSA) is 90.7 Å². The zero-order chi connectivity index (χ0) is 25.2. The van der Waals surface area contributed by atoms with Gasteiger partial charge in [0.15, 0.2) is 0 Å². The number of carbonyl (C=O) groups excluding carboxylic acids is 2. The van der Waals surface area contributed by atoms with Crippen molar-refractivity contribution in [3.63, 3.8) is 0 Å². The molecule has 3 heterocycles. The number of piperazine rings is 1. The van der Waals surface area contributed by atoms with E-state index in [1.54, 1.807) is 11.1 Å². The summed E-state index contributed by atoms with van der Waals surface area (Å²) < 4.78 is 5.49. The highest BCUT2D eigenvalue weighted by molar-refractivity contribution is 6.33. The number of nitrogens with zero attached hydrogens (tertiary/aromatic N) is 3. The van der Waals surface area contributed by atoms with Crippen LogP contribution in [-0.2, 0) is 9.59 Å². The quantitative estimate of drug-likeness (QED) is 0.602. The molecule has 2 N–H and O–H groups in total. The van der Waals surface area contributed by atoms with Crippen molar-refractivity contribution in [1.82, 2.24) is 20.5 Å². The molecule has 0 bridgehead atoms. The number of aromatic nitrogens is 1. The molecule has 1 aromatic carbocycles. The number of oxazole rings is 1. The molecule has 2 aliphatic rings. The Labute approximate surface area is 212 Å². The minimum atomic E-state index is -0.282. The van der Waals surface area contributed by atoms with Gasteiger partial charge in [0, 0.05) is 31.2 Å². The average Bonchev–Trinajstić information content (AvgIpc) is 3.35. The maximum Gasteiger partial charge on any atom is 0.241 e. The molecule has 0 saturated carbocycles. The van der Waals surface area contributed by atoms with E-state index in [1.165, 1.54) is 6.26 Å². The number of halogens is 1. The van der Waals surface area contributed by atoms with Crippen molar-refractivity contribution in [2.24, 2.45) is 11.8 Å². The zero-order valence-corrected chi connectivity index (χ0v) is 21.7. The van der Waals surface area contributed by atoms with Gasteiger partial charge in [0.1, 0.15) is 12.3 Å². The summed E-state index contributed by atoms with van der Waals surface area (Å²) in [6.07, 6.45) is 4.58. The smallest absolute Gasteiger partial charge is 0.241 e. The van der Waals surface area contributed by atoms with Crippen molar-refractivity contribution in [2.75, 3.05) is 31.1 Å². The fraction of sp³-hybridized carbons (Fsp3) is 0.577. The van der Waals surface area contributed by atoms with Gasteiger partial charge in [-0.25, -0.2) is 4.98 Å². The van der Waals surface area contributed by atoms with Gasteiger partial charge in [-0.2, -0.15) is 0 Å². The predicted molar refractivity (Wildman–Crippen MR) is 136 cm³/mol. The van der Waals surface area contributed by atoms with Gasteiger partial charge in [-0.1, -0.05) is 37.6 Å². The molecule has 35 heavy (non-hydrogen) atoms. The van der Waals surface area contributed by atoms with Gasteiger partial charge in [0.05, 0.1) is 29.4 Å². The van der Waals surface area contributed by atoms with Gasteiger partial charge in [-0.3, -0.25) is 14.5 Å². The largest absolute Gasteiger partial charge is 0.447 e. The molecule has 2 saturated heterocycles. The molecule has 0 radical (unpaired) electrons. The van der Waals surface area contributed by atoms with E-state index in [2.05, 4.69) is 48.2 Å². The highest BCUT2D eigenvalue weighted by Crippen LogP contribution is 2.34. The Bertz CT molecular complexity index is 1030. The standard InChI is InChI=1S/C26H36ClN5O3/c1-17(2)11-21(25-29-9-10-35-25)30-24(34)18-12-19(14-28-13-18)32-15-23(33)31(16-26(32,3)4)22-8-6-5-7-20(22)27/h5-10,17-19,21,28H,11-16H2,1-4H3,(H,30,34)/t18-,19+,21+/m0/s1. The van der Waals surface area contributed by atoms with Crippen molar-refractivity contribution in [3.05, 3.63) is 47.6 Å². The lowest BCUT2D eigenvalue weighted by Gasteiger charge is -2.51. The van der Waals surface area contributed by atoms with E-state index >= 15 is 0 Å². The first-order valence-corrected chi connectivity index (χ1v) is 12.8. The van der Waals surface area contributed by atoms with Crippen LogP contribution < -0.4 is 15.5 Å². The number of piperidine rings is 1. The van der Waals surface area contributed by atoms with E-state index < -0.39 is 0 Å². The SMILES string of the molecule is CC(C)C[C@@H](NC(=O)[C@@H]1CNC[C@H](N2CC(=O)N(c3ccccc3Cl)CC2(C)C)C1)c1ncco1. The third-order valence-corrected chi connectivity index (χ3v) is 7.30. The highest BCUT2D eigenvalue weighted by Gasteiger charge is 2.44. The fourth-order valence-electron chi connectivity index (χ4n) is 5.27. The Morgan fingerprint density at radius 1 is 1.31 bits per heavy atom. The van der Waals surface area contributed by atoms with Crippen LogP contribution in [0.1, 0.15) is 52.5 Å². The Kier molecular flexibility index (Phi) is 7.83. The molecule has 4 rings (SSSR count). The van der Waals surface area contributed by atoms with Crippen LogP contribution in [0.4, 0.5) is 5.69 Å². The molecule has 2 aromatic rings. The van der Waals surface area contributed by atoms with E-state index in [4.69, 9.17) is 16.0 Å². The number of carbonyl (C=O) groups is 2. The Hall–Kier alpha value is -2.42. The second-order valence-corrected chi connectivity index (χ2v) is 11.1. The number of amides is 2. The molecular weight excluding hydrogens is 466 g/mol. The van der Waals surface area contributed by atoms with Crippen molar-refractivity contribution in [2.45, 2.75) is 58.2 Å². The molecule has 2 amide bonds. The summed E-state index contributed by atoms with van der Waals surface area (Å²) in [7, 11) is 0. The normalized spacial score (nSPS) is 23.9. The van der Waals surface area contributed by atoms with Crippen LogP contribution >= 0.6 is 11.6 Å². The molecule has 2 aliphatic heterocycles. The first kappa shape index (κ1) is 25.7. The third kappa shape index (κ3) is 5.88. The summed E-state index contributed by atoms with van der Waals surface area (Å²) in [6.45, 7) is 10.7. The molecule has 2 fully saturated rings. The van der Waals surface area contributed by atoms with Crippen LogP contribution in [-0.4, -0.2) is 59.5 Å². The van der Waals surface area contributed by atoms with Crippen molar-refractivity contribution in [3.8, 4) is 0 Å². The minimum absolute atomic E-state index is 0.00936. The summed E-state index contributed by atoms with van der Waals surface area (Å²) in [6, 6.07) is 7.27. The van der Waals surface area contributed by atoms with E-state index in [1.807, 2.05) is 24.3 Å². The van der Waals surface area contributed by atoms with Crippen LogP contribution in [0.25, 0.3) is 0 Å². The first-order chi connectivity index (χ1) is 16.7. The number of anilines is 1. The zero-order valence-electron chi connectivity index (χ0n) is 21.0. The first-order valence-electron chi connectivity index (χ1n) is 12.4. The lowest BCUT2D eigenvalue weighted by molar-refractivity contribution is -0.129. The Morgan fingerprint density at radius 2 is 2.09 bits per heavy atom. The number of hydrogen-bond acceptors (Lipinski definition) is 6. The molecule has 0 aliphatic carbocycles.